The van der Waals surface area contributed by atoms with Crippen LogP contribution in [0.5, 0.6) is 0 Å². The van der Waals surface area contributed by atoms with E-state index >= 15 is 0 Å². The summed E-state index contributed by atoms with van der Waals surface area (Å²) in [6, 6.07) is 0. The third-order valence-electron chi connectivity index (χ3n) is 10.1. The summed E-state index contributed by atoms with van der Waals surface area (Å²) in [4.78, 5) is 0. The molecule has 23 nitrogen and oxygen atoms in total. The second-order valence-corrected chi connectivity index (χ2v) is 13.8. The van der Waals surface area contributed by atoms with Crippen LogP contribution in [0.15, 0.2) is 0 Å². The first-order valence-corrected chi connectivity index (χ1v) is 17.2. The maximum Gasteiger partial charge on any atom is 0.187 e. The summed E-state index contributed by atoms with van der Waals surface area (Å²) in [5, 5.41) is 147. The van der Waals surface area contributed by atoms with Crippen LogP contribution in [-0.4, -0.2) is 239 Å². The van der Waals surface area contributed by atoms with Gasteiger partial charge in [0.05, 0.1) is 38.1 Å². The number of hydrogen-bond acceptors (Lipinski definition) is 23. The van der Waals surface area contributed by atoms with Crippen molar-refractivity contribution in [2.75, 3.05) is 19.8 Å². The Balaban J connectivity index is 1.40. The summed E-state index contributed by atoms with van der Waals surface area (Å²) < 4.78 is 50.6. The van der Waals surface area contributed by atoms with E-state index in [1.54, 1.807) is 0 Å². The Morgan fingerprint density at radius 1 is 0.396 bits per heavy atom. The molecule has 0 radical (unpaired) electrons. The van der Waals surface area contributed by atoms with Gasteiger partial charge in [0, 0.05) is 6.42 Å². The molecule has 0 amide bonds. The summed E-state index contributed by atoms with van der Waals surface area (Å²) in [6.45, 7) is 0.274. The van der Waals surface area contributed by atoms with Gasteiger partial charge >= 0.3 is 0 Å². The van der Waals surface area contributed by atoms with Crippen LogP contribution >= 0.6 is 0 Å². The Kier molecular flexibility index (Phi) is 14.8. The van der Waals surface area contributed by atoms with E-state index < -0.39 is 167 Å². The minimum Gasteiger partial charge on any atom is -0.394 e. The number of ether oxygens (including phenoxy) is 9. The molecule has 0 aromatic carbocycles. The highest BCUT2D eigenvalue weighted by molar-refractivity contribution is 4.98. The van der Waals surface area contributed by atoms with Gasteiger partial charge in [0.2, 0.25) is 0 Å². The van der Waals surface area contributed by atoms with Gasteiger partial charge in [0.1, 0.15) is 97.7 Å². The van der Waals surface area contributed by atoms with Crippen molar-refractivity contribution in [3.05, 3.63) is 0 Å². The Hall–Kier alpha value is -0.920. The molecule has 5 rings (SSSR count). The van der Waals surface area contributed by atoms with Crippen molar-refractivity contribution in [2.45, 2.75) is 168 Å². The SMILES string of the molecule is C[C@@H]1O[C@H](O[C@@H]2[C@@H](O[C@@H]3[C@@H](O[C@H]4[C@@H](O)[C@@H](CO)OC(O)[C@@H]4O)O[C@H](CO)[C@@H](O)[C@@H]3O)O[C@H](CO)[C@@H](O)[C@@H]2O)[C@H](O)[C@H](O[C@H]2O[C@H](C)[C@H](O)C[C@H]2O)[C@H]1O. The molecule has 0 aromatic rings. The van der Waals surface area contributed by atoms with Crippen LogP contribution in [0.1, 0.15) is 20.3 Å². The molecule has 23 heteroatoms. The monoisotopic (exact) mass is 780 g/mol. The highest BCUT2D eigenvalue weighted by atomic mass is 16.8. The largest absolute Gasteiger partial charge is 0.394 e. The Bertz CT molecular complexity index is 1140. The molecule has 5 saturated heterocycles. The van der Waals surface area contributed by atoms with Crippen molar-refractivity contribution in [1.29, 1.82) is 0 Å². The molecule has 0 bridgehead atoms. The first-order valence-electron chi connectivity index (χ1n) is 17.2. The number of aliphatic hydroxyl groups excluding tert-OH is 14. The van der Waals surface area contributed by atoms with Gasteiger partial charge in [0.25, 0.3) is 0 Å². The second-order valence-electron chi connectivity index (χ2n) is 13.8. The maximum atomic E-state index is 11.3. The molecule has 5 heterocycles. The van der Waals surface area contributed by atoms with Gasteiger partial charge in [-0.2, -0.15) is 0 Å². The van der Waals surface area contributed by atoms with E-state index in [0.717, 1.165) is 0 Å². The van der Waals surface area contributed by atoms with Gasteiger partial charge in [-0.15, -0.1) is 0 Å². The Morgan fingerprint density at radius 3 is 1.36 bits per heavy atom. The molecule has 0 aromatic heterocycles. The smallest absolute Gasteiger partial charge is 0.187 e. The van der Waals surface area contributed by atoms with Gasteiger partial charge < -0.3 is 114 Å². The lowest BCUT2D eigenvalue weighted by Crippen LogP contribution is -2.68. The molecule has 5 fully saturated rings. The Morgan fingerprint density at radius 2 is 0.830 bits per heavy atom. The normalized spacial score (nSPS) is 54.1. The molecule has 53 heavy (non-hydrogen) atoms. The van der Waals surface area contributed by atoms with Crippen LogP contribution in [0.2, 0.25) is 0 Å². The summed E-state index contributed by atoms with van der Waals surface area (Å²) in [5.74, 6) is 0. The zero-order chi connectivity index (χ0) is 39.0. The molecular formula is C30H52O23. The zero-order valence-electron chi connectivity index (χ0n) is 28.6. The van der Waals surface area contributed by atoms with E-state index in [9.17, 15) is 71.5 Å². The number of hydrogen-bond donors (Lipinski definition) is 14. The van der Waals surface area contributed by atoms with E-state index in [1.807, 2.05) is 0 Å². The predicted octanol–water partition coefficient (Wildman–Crippen LogP) is -8.84. The van der Waals surface area contributed by atoms with Crippen LogP contribution in [0.3, 0.4) is 0 Å². The van der Waals surface area contributed by atoms with Crippen molar-refractivity contribution in [1.82, 2.24) is 0 Å². The lowest BCUT2D eigenvalue weighted by atomic mass is 9.95. The molecule has 5 aliphatic heterocycles. The van der Waals surface area contributed by atoms with E-state index in [-0.39, 0.29) is 6.42 Å². The minimum atomic E-state index is -2.04. The number of rotatable bonds is 11. The van der Waals surface area contributed by atoms with Crippen molar-refractivity contribution >= 4 is 0 Å². The van der Waals surface area contributed by atoms with E-state index in [0.29, 0.717) is 0 Å². The molecule has 310 valence electrons. The van der Waals surface area contributed by atoms with Gasteiger partial charge in [-0.3, -0.25) is 0 Å². The molecule has 1 unspecified atom stereocenters. The molecule has 24 atom stereocenters. The van der Waals surface area contributed by atoms with Crippen LogP contribution < -0.4 is 0 Å². The third-order valence-corrected chi connectivity index (χ3v) is 10.1. The lowest BCUT2D eigenvalue weighted by molar-refractivity contribution is -0.405. The van der Waals surface area contributed by atoms with Crippen LogP contribution in [0, 0.1) is 0 Å². The van der Waals surface area contributed by atoms with Crippen LogP contribution in [0.4, 0.5) is 0 Å². The van der Waals surface area contributed by atoms with E-state index in [4.69, 9.17) is 42.6 Å². The van der Waals surface area contributed by atoms with Crippen molar-refractivity contribution < 1.29 is 114 Å². The highest BCUT2D eigenvalue weighted by Crippen LogP contribution is 2.36. The Labute approximate surface area is 301 Å². The predicted molar refractivity (Wildman–Crippen MR) is 162 cm³/mol. The fourth-order valence-corrected chi connectivity index (χ4v) is 6.80. The maximum absolute atomic E-state index is 11.3. The van der Waals surface area contributed by atoms with Crippen molar-refractivity contribution in [3.63, 3.8) is 0 Å². The molecule has 5 aliphatic rings. The molecule has 0 saturated carbocycles. The molecule has 14 N–H and O–H groups in total. The summed E-state index contributed by atoms with van der Waals surface area (Å²) in [6.07, 6.45) is -40.4. The van der Waals surface area contributed by atoms with Gasteiger partial charge in [-0.1, -0.05) is 0 Å². The third kappa shape index (κ3) is 8.98. The molecule has 0 spiro atoms. The van der Waals surface area contributed by atoms with E-state index in [1.165, 1.54) is 13.8 Å². The highest BCUT2D eigenvalue weighted by Gasteiger charge is 2.56. The molecular weight excluding hydrogens is 728 g/mol. The van der Waals surface area contributed by atoms with Crippen LogP contribution in [-0.2, 0) is 42.6 Å². The van der Waals surface area contributed by atoms with Gasteiger partial charge in [0.15, 0.2) is 31.5 Å². The number of aliphatic hydroxyl groups is 14. The van der Waals surface area contributed by atoms with Crippen molar-refractivity contribution in [2.24, 2.45) is 0 Å². The summed E-state index contributed by atoms with van der Waals surface area (Å²) in [7, 11) is 0. The topological polar surface area (TPSA) is 366 Å². The second kappa shape index (κ2) is 18.1. The average Bonchev–Trinajstić information content (AvgIpc) is 3.12. The summed E-state index contributed by atoms with van der Waals surface area (Å²) >= 11 is 0. The standard InChI is InChI=1S/C30H52O23/c1-7-9(34)3-10(35)27(45-7)50-22-14(36)8(2)46-28(21(22)43)52-24-18(40)15(37)12(5-32)49-30(24)53-25-19(41)16(38)11(4-31)48-29(25)51-23-17(39)13(6-33)47-26(44)20(23)42/h7-44H,3-6H2,1-2H3/t7-,8+,9-,10-,11-,12-,13-,14+,15-,16-,17+,18+,19+,20-,21-,22-,23+,24+,25+,26?,27-,28-,29-,30-/m1/s1. The quantitative estimate of drug-likeness (QED) is 0.0925. The first kappa shape index (κ1) is 43.2. The summed E-state index contributed by atoms with van der Waals surface area (Å²) in [5.41, 5.74) is 0. The fraction of sp³-hybridized carbons (Fsp3) is 1.00. The minimum absolute atomic E-state index is 0.143. The zero-order valence-corrected chi connectivity index (χ0v) is 28.6. The average molecular weight is 781 g/mol. The van der Waals surface area contributed by atoms with E-state index in [2.05, 4.69) is 0 Å². The van der Waals surface area contributed by atoms with Gasteiger partial charge in [-0.05, 0) is 13.8 Å². The first-order chi connectivity index (χ1) is 25.0. The van der Waals surface area contributed by atoms with Crippen molar-refractivity contribution in [3.8, 4) is 0 Å². The fourth-order valence-electron chi connectivity index (χ4n) is 6.80. The molecule has 0 aliphatic carbocycles. The van der Waals surface area contributed by atoms with Crippen LogP contribution in [0.25, 0.3) is 0 Å². The lowest BCUT2D eigenvalue weighted by Gasteiger charge is -2.50. The van der Waals surface area contributed by atoms with Gasteiger partial charge in [-0.25, -0.2) is 0 Å².